The Morgan fingerprint density at radius 2 is 1.05 bits per heavy atom. The van der Waals surface area contributed by atoms with E-state index >= 15 is 0 Å². The summed E-state index contributed by atoms with van der Waals surface area (Å²) in [5.41, 5.74) is 0. The minimum atomic E-state index is -1.57. The van der Waals surface area contributed by atoms with Gasteiger partial charge in [-0.1, -0.05) is 198 Å². The third-order valence-electron chi connectivity index (χ3n) is 12.5. The van der Waals surface area contributed by atoms with Crippen molar-refractivity contribution >= 4 is 11.9 Å². The number of hydrogen-bond donors (Lipinski definition) is 6. The minimum absolute atomic E-state index is 0.0382. The van der Waals surface area contributed by atoms with Crippen molar-refractivity contribution in [2.24, 2.45) is 0 Å². The summed E-state index contributed by atoms with van der Waals surface area (Å²) in [4.78, 5) is 25.0. The van der Waals surface area contributed by atoms with Crippen LogP contribution in [0.1, 0.15) is 232 Å². The van der Waals surface area contributed by atoms with Gasteiger partial charge in [0.25, 0.3) is 0 Å². The SMILES string of the molecule is CCCC/C=C\C/C=C\CCCCCCCC(=O)OCCCCCCCCCCCCCCCCC(=O)NC(COC1OC(CO)C(O)C(O)C1O)C(O)/C=C/CCCCCCCCC. The zero-order chi connectivity index (χ0) is 47.4. The van der Waals surface area contributed by atoms with Crippen LogP contribution in [-0.4, -0.2) is 100 Å². The molecule has 0 aromatic rings. The van der Waals surface area contributed by atoms with Crippen molar-refractivity contribution in [2.45, 2.75) is 275 Å². The summed E-state index contributed by atoms with van der Waals surface area (Å²) >= 11 is 0. The molecule has 6 N–H and O–H groups in total. The predicted molar refractivity (Wildman–Crippen MR) is 264 cm³/mol. The highest BCUT2D eigenvalue weighted by Gasteiger charge is 2.44. The number of unbranched alkanes of at least 4 members (excludes halogenated alkanes) is 27. The van der Waals surface area contributed by atoms with Gasteiger partial charge in [-0.05, 0) is 57.8 Å². The van der Waals surface area contributed by atoms with Gasteiger partial charge < -0.3 is 45.1 Å². The standard InChI is InChI=1S/C54H99NO10/c1-3-5-7-9-11-13-14-15-19-22-26-30-34-38-42-50(59)63-43-39-35-31-27-23-20-17-16-18-21-25-29-33-37-41-49(58)55-46(47(57)40-36-32-28-24-12-10-8-6-4-2)45-64-54-53(62)52(61)51(60)48(44-56)65-54/h9,11,14-15,36,40,46-48,51-54,56-57,60-62H,3-8,10,12-13,16-35,37-39,41-45H2,1-2H3,(H,55,58)/b11-9-,15-14-,40-36+. The second-order valence-corrected chi connectivity index (χ2v) is 18.6. The summed E-state index contributed by atoms with van der Waals surface area (Å²) in [6.07, 6.45) is 42.2. The Morgan fingerprint density at radius 3 is 1.60 bits per heavy atom. The molecule has 1 aliphatic rings. The third-order valence-corrected chi connectivity index (χ3v) is 12.5. The van der Waals surface area contributed by atoms with E-state index < -0.39 is 49.5 Å². The van der Waals surface area contributed by atoms with Gasteiger partial charge in [-0.2, -0.15) is 0 Å². The van der Waals surface area contributed by atoms with Gasteiger partial charge in [0.2, 0.25) is 5.91 Å². The van der Waals surface area contributed by atoms with Gasteiger partial charge in [0.05, 0.1) is 32.0 Å². The summed E-state index contributed by atoms with van der Waals surface area (Å²) in [7, 11) is 0. The number of amides is 1. The highest BCUT2D eigenvalue weighted by Crippen LogP contribution is 2.23. The van der Waals surface area contributed by atoms with Gasteiger partial charge in [0.1, 0.15) is 24.4 Å². The molecule has 1 amide bonds. The first kappa shape index (κ1) is 60.9. The van der Waals surface area contributed by atoms with Crippen molar-refractivity contribution in [3.8, 4) is 0 Å². The van der Waals surface area contributed by atoms with E-state index in [-0.39, 0.29) is 18.5 Å². The number of esters is 1. The van der Waals surface area contributed by atoms with Crippen molar-refractivity contribution in [2.75, 3.05) is 19.8 Å². The monoisotopic (exact) mass is 922 g/mol. The number of allylic oxidation sites excluding steroid dienone is 5. The molecule has 0 aliphatic carbocycles. The van der Waals surface area contributed by atoms with Crippen LogP contribution in [0.4, 0.5) is 0 Å². The number of ether oxygens (including phenoxy) is 3. The first-order valence-electron chi connectivity index (χ1n) is 26.8. The lowest BCUT2D eigenvalue weighted by Gasteiger charge is -2.40. The molecule has 380 valence electrons. The van der Waals surface area contributed by atoms with Crippen molar-refractivity contribution in [3.05, 3.63) is 36.5 Å². The fourth-order valence-corrected chi connectivity index (χ4v) is 8.15. The van der Waals surface area contributed by atoms with Crippen molar-refractivity contribution in [1.29, 1.82) is 0 Å². The second kappa shape index (κ2) is 44.4. The third kappa shape index (κ3) is 34.8. The molecule has 1 saturated heterocycles. The molecular formula is C54H99NO10. The largest absolute Gasteiger partial charge is 0.466 e. The maximum absolute atomic E-state index is 13.0. The lowest BCUT2D eigenvalue weighted by Crippen LogP contribution is -2.60. The molecule has 0 radical (unpaired) electrons. The minimum Gasteiger partial charge on any atom is -0.466 e. The number of aliphatic hydroxyl groups excluding tert-OH is 5. The smallest absolute Gasteiger partial charge is 0.305 e. The molecule has 1 rings (SSSR count). The number of hydrogen-bond acceptors (Lipinski definition) is 10. The fourth-order valence-electron chi connectivity index (χ4n) is 8.15. The number of carbonyl (C=O) groups excluding carboxylic acids is 2. The lowest BCUT2D eigenvalue weighted by atomic mass is 9.99. The number of rotatable bonds is 45. The van der Waals surface area contributed by atoms with Crippen LogP contribution in [0.25, 0.3) is 0 Å². The molecule has 1 fully saturated rings. The van der Waals surface area contributed by atoms with E-state index in [2.05, 4.69) is 43.5 Å². The van der Waals surface area contributed by atoms with E-state index in [4.69, 9.17) is 14.2 Å². The molecule has 1 aliphatic heterocycles. The predicted octanol–water partition coefficient (Wildman–Crippen LogP) is 11.2. The van der Waals surface area contributed by atoms with Crippen LogP contribution in [0.2, 0.25) is 0 Å². The molecule has 65 heavy (non-hydrogen) atoms. The Bertz CT molecular complexity index is 1180. The molecule has 11 nitrogen and oxygen atoms in total. The summed E-state index contributed by atoms with van der Waals surface area (Å²) in [6, 6.07) is -0.817. The van der Waals surface area contributed by atoms with Crippen LogP contribution in [-0.2, 0) is 23.8 Å². The molecule has 0 saturated carbocycles. The molecule has 0 aromatic heterocycles. The quantitative estimate of drug-likeness (QED) is 0.0196. The number of carbonyl (C=O) groups is 2. The molecule has 1 heterocycles. The zero-order valence-corrected chi connectivity index (χ0v) is 41.4. The molecule has 7 atom stereocenters. The molecule has 11 heteroatoms. The average molecular weight is 922 g/mol. The van der Waals surface area contributed by atoms with E-state index in [0.29, 0.717) is 19.4 Å². The summed E-state index contributed by atoms with van der Waals surface area (Å²) in [5, 5.41) is 54.1. The first-order valence-corrected chi connectivity index (χ1v) is 26.8. The van der Waals surface area contributed by atoms with E-state index in [1.807, 2.05) is 6.08 Å². The zero-order valence-electron chi connectivity index (χ0n) is 41.4. The van der Waals surface area contributed by atoms with Gasteiger partial charge in [-0.3, -0.25) is 9.59 Å². The van der Waals surface area contributed by atoms with Crippen LogP contribution < -0.4 is 5.32 Å². The summed E-state index contributed by atoms with van der Waals surface area (Å²) in [6.45, 7) is 4.22. The Labute approximate surface area is 396 Å². The van der Waals surface area contributed by atoms with Crippen LogP contribution >= 0.6 is 0 Å². The highest BCUT2D eigenvalue weighted by molar-refractivity contribution is 5.76. The lowest BCUT2D eigenvalue weighted by molar-refractivity contribution is -0.302. The topological polar surface area (TPSA) is 175 Å². The van der Waals surface area contributed by atoms with Crippen molar-refractivity contribution in [1.82, 2.24) is 5.32 Å². The normalized spacial score (nSPS) is 20.0. The maximum Gasteiger partial charge on any atom is 0.305 e. The van der Waals surface area contributed by atoms with Gasteiger partial charge >= 0.3 is 5.97 Å². The van der Waals surface area contributed by atoms with E-state index in [0.717, 1.165) is 83.5 Å². The molecule has 0 spiro atoms. The Kier molecular flexibility index (Phi) is 41.6. The molecule has 7 unspecified atom stereocenters. The van der Waals surface area contributed by atoms with Gasteiger partial charge in [0, 0.05) is 12.8 Å². The highest BCUT2D eigenvalue weighted by atomic mass is 16.7. The second-order valence-electron chi connectivity index (χ2n) is 18.6. The number of nitrogens with one attached hydrogen (secondary N) is 1. The Balaban J connectivity index is 2.10. The van der Waals surface area contributed by atoms with E-state index in [1.165, 1.54) is 122 Å². The van der Waals surface area contributed by atoms with Crippen molar-refractivity contribution < 1.29 is 49.3 Å². The maximum atomic E-state index is 13.0. The van der Waals surface area contributed by atoms with Crippen molar-refractivity contribution in [3.63, 3.8) is 0 Å². The first-order chi connectivity index (χ1) is 31.7. The Morgan fingerprint density at radius 1 is 0.569 bits per heavy atom. The molecule has 0 aromatic carbocycles. The molecular weight excluding hydrogens is 823 g/mol. The van der Waals surface area contributed by atoms with Crippen LogP contribution in [0.5, 0.6) is 0 Å². The van der Waals surface area contributed by atoms with Crippen LogP contribution in [0.3, 0.4) is 0 Å². The van der Waals surface area contributed by atoms with E-state index in [9.17, 15) is 35.1 Å². The average Bonchev–Trinajstić information content (AvgIpc) is 3.30. The van der Waals surface area contributed by atoms with Gasteiger partial charge in [0.15, 0.2) is 6.29 Å². The Hall–Kier alpha value is -2.12. The van der Waals surface area contributed by atoms with E-state index in [1.54, 1.807) is 6.08 Å². The summed E-state index contributed by atoms with van der Waals surface area (Å²) < 4.78 is 16.6. The van der Waals surface area contributed by atoms with Gasteiger partial charge in [-0.25, -0.2) is 0 Å². The molecule has 0 bridgehead atoms. The van der Waals surface area contributed by atoms with Crippen LogP contribution in [0, 0.1) is 0 Å². The number of aliphatic hydroxyl groups is 5. The van der Waals surface area contributed by atoms with Crippen LogP contribution in [0.15, 0.2) is 36.5 Å². The van der Waals surface area contributed by atoms with Gasteiger partial charge in [-0.15, -0.1) is 0 Å². The summed E-state index contributed by atoms with van der Waals surface area (Å²) in [5.74, 6) is -0.234. The fraction of sp³-hybridized carbons (Fsp3) is 0.852.